The van der Waals surface area contributed by atoms with Crippen molar-refractivity contribution in [2.45, 2.75) is 20.8 Å². The molecular formula is C18H18Cl2FN3O. The largest absolute Gasteiger partial charge is 0.336 e. The molecule has 4 nitrogen and oxygen atoms in total. The smallest absolute Gasteiger partial charge is 0.205 e. The Morgan fingerprint density at radius 3 is 2.16 bits per heavy atom. The fourth-order valence-corrected chi connectivity index (χ4v) is 2.14. The van der Waals surface area contributed by atoms with Crippen LogP contribution in [0.25, 0.3) is 0 Å². The van der Waals surface area contributed by atoms with Crippen LogP contribution in [0.3, 0.4) is 0 Å². The van der Waals surface area contributed by atoms with E-state index in [9.17, 15) is 9.18 Å². The second-order valence-corrected chi connectivity index (χ2v) is 7.23. The van der Waals surface area contributed by atoms with Crippen LogP contribution in [0.1, 0.15) is 20.8 Å². The number of hydrazone groups is 1. The minimum Gasteiger partial charge on any atom is -0.336 e. The molecule has 0 bridgehead atoms. The fourth-order valence-electron chi connectivity index (χ4n) is 1.85. The van der Waals surface area contributed by atoms with E-state index >= 15 is 0 Å². The summed E-state index contributed by atoms with van der Waals surface area (Å²) in [5.74, 6) is -0.446. The van der Waals surface area contributed by atoms with E-state index in [1.807, 2.05) is 0 Å². The van der Waals surface area contributed by atoms with Crippen LogP contribution in [0.5, 0.6) is 0 Å². The van der Waals surface area contributed by atoms with Crippen molar-refractivity contribution in [3.8, 4) is 0 Å². The minimum absolute atomic E-state index is 0.107. The zero-order valence-corrected chi connectivity index (χ0v) is 15.5. The SMILES string of the molecule is CC(C)(C)C(=O)/C(=N\Nc1ccc(F)cc1)Nc1ccc(Cl)c(Cl)c1. The van der Waals surface area contributed by atoms with Crippen molar-refractivity contribution in [2.75, 3.05) is 10.7 Å². The second kappa shape index (κ2) is 7.85. The molecular weight excluding hydrogens is 364 g/mol. The number of carbonyl (C=O) groups excluding carboxylic acids is 1. The average molecular weight is 382 g/mol. The number of hydrogen-bond acceptors (Lipinski definition) is 3. The van der Waals surface area contributed by atoms with Crippen LogP contribution in [0, 0.1) is 11.2 Å². The van der Waals surface area contributed by atoms with Crippen molar-refractivity contribution in [1.82, 2.24) is 0 Å². The topological polar surface area (TPSA) is 53.5 Å². The van der Waals surface area contributed by atoms with Gasteiger partial charge in [0.25, 0.3) is 0 Å². The van der Waals surface area contributed by atoms with Gasteiger partial charge in [0, 0.05) is 11.1 Å². The van der Waals surface area contributed by atoms with Crippen LogP contribution in [-0.2, 0) is 4.79 Å². The number of Topliss-reactive ketones (excluding diaryl/α,β-unsaturated/α-hetero) is 1. The van der Waals surface area contributed by atoms with Gasteiger partial charge in [0.1, 0.15) is 5.82 Å². The van der Waals surface area contributed by atoms with Crippen LogP contribution in [0.2, 0.25) is 10.0 Å². The van der Waals surface area contributed by atoms with Gasteiger partial charge in [0.05, 0.1) is 15.7 Å². The Bertz CT molecular complexity index is 799. The fraction of sp³-hybridized carbons (Fsp3) is 0.222. The molecule has 0 spiro atoms. The highest BCUT2D eigenvalue weighted by atomic mass is 35.5. The molecule has 0 amide bonds. The molecule has 2 aromatic rings. The Morgan fingerprint density at radius 2 is 1.60 bits per heavy atom. The van der Waals surface area contributed by atoms with Gasteiger partial charge in [-0.15, -0.1) is 0 Å². The third kappa shape index (κ3) is 5.44. The molecule has 0 aliphatic heterocycles. The first kappa shape index (κ1) is 19.2. The first-order chi connectivity index (χ1) is 11.7. The number of ketones is 1. The molecule has 25 heavy (non-hydrogen) atoms. The van der Waals surface area contributed by atoms with Crippen molar-refractivity contribution in [2.24, 2.45) is 10.5 Å². The van der Waals surface area contributed by atoms with Crippen LogP contribution < -0.4 is 10.7 Å². The van der Waals surface area contributed by atoms with Crippen molar-refractivity contribution < 1.29 is 9.18 Å². The summed E-state index contributed by atoms with van der Waals surface area (Å²) in [4.78, 5) is 12.6. The van der Waals surface area contributed by atoms with Crippen LogP contribution in [0.15, 0.2) is 47.6 Å². The lowest BCUT2D eigenvalue weighted by molar-refractivity contribution is -0.119. The quantitative estimate of drug-likeness (QED) is 0.412. The second-order valence-electron chi connectivity index (χ2n) is 6.41. The summed E-state index contributed by atoms with van der Waals surface area (Å²) in [5.41, 5.74) is 3.23. The number of rotatable bonds is 4. The predicted molar refractivity (Wildman–Crippen MR) is 102 cm³/mol. The molecule has 0 unspecified atom stereocenters. The van der Waals surface area contributed by atoms with E-state index in [1.165, 1.54) is 24.3 Å². The Kier molecular flexibility index (Phi) is 6.03. The van der Waals surface area contributed by atoms with Gasteiger partial charge >= 0.3 is 0 Å². The van der Waals surface area contributed by atoms with E-state index in [2.05, 4.69) is 15.8 Å². The number of carbonyl (C=O) groups is 1. The number of nitrogens with zero attached hydrogens (tertiary/aromatic N) is 1. The molecule has 0 saturated heterocycles. The lowest BCUT2D eigenvalue weighted by atomic mass is 9.90. The van der Waals surface area contributed by atoms with Crippen LogP contribution in [-0.4, -0.2) is 11.6 Å². The molecule has 2 aromatic carbocycles. The van der Waals surface area contributed by atoms with Gasteiger partial charge < -0.3 is 5.32 Å². The molecule has 0 aromatic heterocycles. The summed E-state index contributed by atoms with van der Waals surface area (Å²) < 4.78 is 13.0. The van der Waals surface area contributed by atoms with Gasteiger partial charge in [-0.1, -0.05) is 44.0 Å². The van der Waals surface area contributed by atoms with Crippen molar-refractivity contribution in [1.29, 1.82) is 0 Å². The molecule has 0 radical (unpaired) electrons. The normalized spacial score (nSPS) is 12.0. The molecule has 0 heterocycles. The maximum Gasteiger partial charge on any atom is 0.205 e. The van der Waals surface area contributed by atoms with Crippen molar-refractivity contribution >= 4 is 46.2 Å². The van der Waals surface area contributed by atoms with E-state index in [-0.39, 0.29) is 17.4 Å². The van der Waals surface area contributed by atoms with Crippen LogP contribution >= 0.6 is 23.2 Å². The first-order valence-corrected chi connectivity index (χ1v) is 8.28. The molecule has 132 valence electrons. The monoisotopic (exact) mass is 381 g/mol. The number of anilines is 2. The third-order valence-electron chi connectivity index (χ3n) is 3.22. The number of halogens is 3. The Balaban J connectivity index is 2.28. The van der Waals surface area contributed by atoms with Gasteiger partial charge in [-0.3, -0.25) is 10.2 Å². The van der Waals surface area contributed by atoms with Gasteiger partial charge in [0.2, 0.25) is 5.78 Å². The molecule has 0 saturated carbocycles. The van der Waals surface area contributed by atoms with E-state index < -0.39 is 5.41 Å². The number of hydrogen-bond donors (Lipinski definition) is 2. The first-order valence-electron chi connectivity index (χ1n) is 7.53. The summed E-state index contributed by atoms with van der Waals surface area (Å²) in [6.07, 6.45) is 0. The molecule has 0 aliphatic carbocycles. The number of nitrogens with one attached hydrogen (secondary N) is 2. The Morgan fingerprint density at radius 1 is 1.00 bits per heavy atom. The highest BCUT2D eigenvalue weighted by molar-refractivity contribution is 6.45. The minimum atomic E-state index is -0.646. The molecule has 0 atom stereocenters. The van der Waals surface area contributed by atoms with E-state index in [0.29, 0.717) is 21.4 Å². The summed E-state index contributed by atoms with van der Waals surface area (Å²) in [7, 11) is 0. The van der Waals surface area contributed by atoms with Gasteiger partial charge in [-0.2, -0.15) is 5.10 Å². The number of benzene rings is 2. The van der Waals surface area contributed by atoms with Gasteiger partial charge in [-0.25, -0.2) is 4.39 Å². The summed E-state index contributed by atoms with van der Waals surface area (Å²) in [6.45, 7) is 5.37. The standard InChI is InChI=1S/C18H18Cl2FN3O/c1-18(2,3)16(25)17(22-13-8-9-14(19)15(20)10-13)24-23-12-6-4-11(21)5-7-12/h4-10,23H,1-3H3,(H,22,24). The Labute approximate surface area is 156 Å². The zero-order chi connectivity index (χ0) is 18.6. The molecule has 0 fully saturated rings. The average Bonchev–Trinajstić information content (AvgIpc) is 2.54. The van der Waals surface area contributed by atoms with Crippen molar-refractivity contribution in [3.63, 3.8) is 0 Å². The molecule has 7 heteroatoms. The van der Waals surface area contributed by atoms with E-state index in [1.54, 1.807) is 39.0 Å². The number of amidine groups is 1. The Hall–Kier alpha value is -2.11. The maximum atomic E-state index is 13.0. The summed E-state index contributed by atoms with van der Waals surface area (Å²) in [5, 5.41) is 7.88. The highest BCUT2D eigenvalue weighted by Gasteiger charge is 2.27. The van der Waals surface area contributed by atoms with E-state index in [0.717, 1.165) is 0 Å². The predicted octanol–water partition coefficient (Wildman–Crippen LogP) is 5.59. The lowest BCUT2D eigenvalue weighted by Crippen LogP contribution is -2.34. The van der Waals surface area contributed by atoms with E-state index in [4.69, 9.17) is 23.2 Å². The van der Waals surface area contributed by atoms with Gasteiger partial charge in [-0.05, 0) is 42.5 Å². The maximum absolute atomic E-state index is 13.0. The summed E-state index contributed by atoms with van der Waals surface area (Å²) in [6, 6.07) is 10.6. The summed E-state index contributed by atoms with van der Waals surface area (Å²) >= 11 is 11.9. The molecule has 2 rings (SSSR count). The lowest BCUT2D eigenvalue weighted by Gasteiger charge is -2.19. The van der Waals surface area contributed by atoms with Gasteiger partial charge in [0.15, 0.2) is 5.84 Å². The molecule has 2 N–H and O–H groups in total. The zero-order valence-electron chi connectivity index (χ0n) is 14.0. The highest BCUT2D eigenvalue weighted by Crippen LogP contribution is 2.26. The third-order valence-corrected chi connectivity index (χ3v) is 3.96. The molecule has 0 aliphatic rings. The van der Waals surface area contributed by atoms with Crippen LogP contribution in [0.4, 0.5) is 15.8 Å². The van der Waals surface area contributed by atoms with Crippen molar-refractivity contribution in [3.05, 3.63) is 58.3 Å².